The van der Waals surface area contributed by atoms with E-state index in [1.165, 1.54) is 6.07 Å². The standard InChI is InChI=1S/C15H24FNO3/c1-3-4-8-19-10-13(18)11-20-15-12(9-17-2)6-5-7-14(15)16/h5-7,13,17-18H,3-4,8-11H2,1-2H3. The third-order valence-corrected chi connectivity index (χ3v) is 2.79. The molecule has 0 aliphatic carbocycles. The molecule has 1 rings (SSSR count). The average Bonchev–Trinajstić information content (AvgIpc) is 2.43. The lowest BCUT2D eigenvalue weighted by Crippen LogP contribution is -2.24. The van der Waals surface area contributed by atoms with Gasteiger partial charge >= 0.3 is 0 Å². The largest absolute Gasteiger partial charge is 0.487 e. The van der Waals surface area contributed by atoms with E-state index in [4.69, 9.17) is 9.47 Å². The first-order valence-corrected chi connectivity index (χ1v) is 6.99. The lowest BCUT2D eigenvalue weighted by Gasteiger charge is -2.15. The van der Waals surface area contributed by atoms with Gasteiger partial charge in [-0.15, -0.1) is 0 Å². The highest BCUT2D eigenvalue weighted by atomic mass is 19.1. The average molecular weight is 285 g/mol. The molecule has 1 atom stereocenters. The van der Waals surface area contributed by atoms with Crippen molar-refractivity contribution < 1.29 is 19.0 Å². The van der Waals surface area contributed by atoms with Crippen molar-refractivity contribution in [1.82, 2.24) is 5.32 Å². The topological polar surface area (TPSA) is 50.7 Å². The molecule has 1 unspecified atom stereocenters. The second kappa shape index (κ2) is 9.69. The van der Waals surface area contributed by atoms with Gasteiger partial charge in [-0.1, -0.05) is 25.5 Å². The Morgan fingerprint density at radius 1 is 1.35 bits per heavy atom. The maximum atomic E-state index is 13.7. The number of halogens is 1. The highest BCUT2D eigenvalue weighted by molar-refractivity contribution is 5.34. The minimum atomic E-state index is -0.756. The van der Waals surface area contributed by atoms with Crippen molar-refractivity contribution in [3.63, 3.8) is 0 Å². The van der Waals surface area contributed by atoms with Gasteiger partial charge in [0.2, 0.25) is 0 Å². The lowest BCUT2D eigenvalue weighted by atomic mass is 10.2. The summed E-state index contributed by atoms with van der Waals surface area (Å²) < 4.78 is 24.4. The maximum Gasteiger partial charge on any atom is 0.165 e. The Kier molecular flexibility index (Phi) is 8.18. The van der Waals surface area contributed by atoms with Gasteiger partial charge in [-0.25, -0.2) is 4.39 Å². The number of rotatable bonds is 10. The number of nitrogens with one attached hydrogen (secondary N) is 1. The highest BCUT2D eigenvalue weighted by Gasteiger charge is 2.12. The summed E-state index contributed by atoms with van der Waals surface area (Å²) in [7, 11) is 1.78. The number of aliphatic hydroxyl groups is 1. The molecule has 0 spiro atoms. The molecule has 1 aromatic rings. The Hall–Kier alpha value is -1.17. The molecule has 0 amide bonds. The lowest BCUT2D eigenvalue weighted by molar-refractivity contribution is 0.0104. The summed E-state index contributed by atoms with van der Waals surface area (Å²) >= 11 is 0. The van der Waals surface area contributed by atoms with E-state index < -0.39 is 11.9 Å². The van der Waals surface area contributed by atoms with E-state index in [0.717, 1.165) is 18.4 Å². The van der Waals surface area contributed by atoms with Crippen LogP contribution in [0.5, 0.6) is 5.75 Å². The molecule has 0 aliphatic heterocycles. The molecule has 1 aromatic carbocycles. The molecule has 2 N–H and O–H groups in total. The van der Waals surface area contributed by atoms with Crippen LogP contribution in [0, 0.1) is 5.82 Å². The predicted molar refractivity (Wildman–Crippen MR) is 76.4 cm³/mol. The van der Waals surface area contributed by atoms with E-state index in [-0.39, 0.29) is 19.0 Å². The van der Waals surface area contributed by atoms with Crippen LogP contribution in [-0.2, 0) is 11.3 Å². The van der Waals surface area contributed by atoms with Crippen LogP contribution >= 0.6 is 0 Å². The summed E-state index contributed by atoms with van der Waals surface area (Å²) in [6.45, 7) is 3.43. The van der Waals surface area contributed by atoms with Crippen molar-refractivity contribution >= 4 is 0 Å². The Bertz CT molecular complexity index is 387. The van der Waals surface area contributed by atoms with Gasteiger partial charge in [0.1, 0.15) is 12.7 Å². The molecule has 0 radical (unpaired) electrons. The quantitative estimate of drug-likeness (QED) is 0.646. The summed E-state index contributed by atoms with van der Waals surface area (Å²) in [6.07, 6.45) is 1.26. The van der Waals surface area contributed by atoms with E-state index in [1.807, 2.05) is 0 Å². The molecule has 0 heterocycles. The number of hydrogen-bond donors (Lipinski definition) is 2. The summed E-state index contributed by atoms with van der Waals surface area (Å²) in [5, 5.41) is 12.7. The fourth-order valence-corrected chi connectivity index (χ4v) is 1.74. The second-order valence-corrected chi connectivity index (χ2v) is 4.65. The van der Waals surface area contributed by atoms with Crippen LogP contribution < -0.4 is 10.1 Å². The number of aliphatic hydroxyl groups excluding tert-OH is 1. The molecule has 0 saturated carbocycles. The normalized spacial score (nSPS) is 12.4. The zero-order chi connectivity index (χ0) is 14.8. The Balaban J connectivity index is 2.44. The van der Waals surface area contributed by atoms with Gasteiger partial charge in [0.15, 0.2) is 11.6 Å². The fraction of sp³-hybridized carbons (Fsp3) is 0.600. The first-order valence-electron chi connectivity index (χ1n) is 6.99. The van der Waals surface area contributed by atoms with E-state index in [1.54, 1.807) is 19.2 Å². The molecule has 114 valence electrons. The third kappa shape index (κ3) is 5.86. The van der Waals surface area contributed by atoms with Crippen molar-refractivity contribution in [2.45, 2.75) is 32.4 Å². The minimum absolute atomic E-state index is 0.0176. The van der Waals surface area contributed by atoms with Gasteiger partial charge in [-0.3, -0.25) is 0 Å². The van der Waals surface area contributed by atoms with E-state index in [0.29, 0.717) is 13.2 Å². The number of unbranched alkanes of at least 4 members (excludes halogenated alkanes) is 1. The van der Waals surface area contributed by atoms with E-state index in [9.17, 15) is 9.50 Å². The van der Waals surface area contributed by atoms with E-state index in [2.05, 4.69) is 12.2 Å². The molecule has 0 aromatic heterocycles. The van der Waals surface area contributed by atoms with Gasteiger partial charge < -0.3 is 19.9 Å². The SMILES string of the molecule is CCCCOCC(O)COc1c(F)cccc1CNC. The first-order chi connectivity index (χ1) is 9.69. The van der Waals surface area contributed by atoms with Gasteiger partial charge in [-0.05, 0) is 19.5 Å². The first kappa shape index (κ1) is 16.9. The number of benzene rings is 1. The predicted octanol–water partition coefficient (Wildman–Crippen LogP) is 2.10. The molecule has 4 nitrogen and oxygen atoms in total. The molecule has 0 bridgehead atoms. The fourth-order valence-electron chi connectivity index (χ4n) is 1.74. The van der Waals surface area contributed by atoms with Crippen molar-refractivity contribution in [3.8, 4) is 5.75 Å². The molecular weight excluding hydrogens is 261 g/mol. The van der Waals surface area contributed by atoms with Gasteiger partial charge in [-0.2, -0.15) is 0 Å². The monoisotopic (exact) mass is 285 g/mol. The molecule has 0 saturated heterocycles. The van der Waals surface area contributed by atoms with Gasteiger partial charge in [0.05, 0.1) is 6.61 Å². The van der Waals surface area contributed by atoms with E-state index >= 15 is 0 Å². The highest BCUT2D eigenvalue weighted by Crippen LogP contribution is 2.22. The van der Waals surface area contributed by atoms with Crippen molar-refractivity contribution in [2.24, 2.45) is 0 Å². The summed E-state index contributed by atoms with van der Waals surface area (Å²) in [4.78, 5) is 0. The zero-order valence-electron chi connectivity index (χ0n) is 12.2. The Morgan fingerprint density at radius 3 is 2.85 bits per heavy atom. The van der Waals surface area contributed by atoms with Crippen LogP contribution in [-0.4, -0.2) is 38.1 Å². The summed E-state index contributed by atoms with van der Waals surface area (Å²) in [5.74, 6) is -0.230. The van der Waals surface area contributed by atoms with Crippen LogP contribution in [0.1, 0.15) is 25.3 Å². The Morgan fingerprint density at radius 2 is 2.15 bits per heavy atom. The molecule has 5 heteroatoms. The number of para-hydroxylation sites is 1. The second-order valence-electron chi connectivity index (χ2n) is 4.65. The van der Waals surface area contributed by atoms with Gasteiger partial charge in [0, 0.05) is 18.7 Å². The van der Waals surface area contributed by atoms with Crippen LogP contribution in [0.3, 0.4) is 0 Å². The van der Waals surface area contributed by atoms with Crippen molar-refractivity contribution in [1.29, 1.82) is 0 Å². The van der Waals surface area contributed by atoms with Crippen LogP contribution in [0.25, 0.3) is 0 Å². The molecule has 20 heavy (non-hydrogen) atoms. The van der Waals surface area contributed by atoms with Crippen molar-refractivity contribution in [3.05, 3.63) is 29.6 Å². The van der Waals surface area contributed by atoms with Gasteiger partial charge in [0.25, 0.3) is 0 Å². The van der Waals surface area contributed by atoms with Crippen LogP contribution in [0.2, 0.25) is 0 Å². The molecule has 0 aliphatic rings. The minimum Gasteiger partial charge on any atom is -0.487 e. The smallest absolute Gasteiger partial charge is 0.165 e. The summed E-state index contributed by atoms with van der Waals surface area (Å²) in [5.41, 5.74) is 0.728. The zero-order valence-corrected chi connectivity index (χ0v) is 12.2. The molecular formula is C15H24FNO3. The molecule has 0 fully saturated rings. The van der Waals surface area contributed by atoms with Crippen LogP contribution in [0.15, 0.2) is 18.2 Å². The maximum absolute atomic E-state index is 13.7. The Labute approximate surface area is 119 Å². The van der Waals surface area contributed by atoms with Crippen molar-refractivity contribution in [2.75, 3.05) is 26.9 Å². The number of ether oxygens (including phenoxy) is 2. The van der Waals surface area contributed by atoms with Crippen LogP contribution in [0.4, 0.5) is 4.39 Å². The third-order valence-electron chi connectivity index (χ3n) is 2.79. The summed E-state index contributed by atoms with van der Waals surface area (Å²) in [6, 6.07) is 4.77. The number of hydrogen-bond acceptors (Lipinski definition) is 4.